The normalized spacial score (nSPS) is 10.4. The summed E-state index contributed by atoms with van der Waals surface area (Å²) >= 11 is 11.4. The molecule has 4 nitrogen and oxygen atoms in total. The van der Waals surface area contributed by atoms with Crippen molar-refractivity contribution in [3.8, 4) is 11.3 Å². The van der Waals surface area contributed by atoms with E-state index in [0.717, 1.165) is 5.56 Å². The number of rotatable bonds is 1. The Morgan fingerprint density at radius 2 is 1.79 bits per heavy atom. The number of pyridine rings is 1. The van der Waals surface area contributed by atoms with Crippen LogP contribution < -0.4 is 5.73 Å². The standard InChI is InChI=1S/C8H5Cl2N3O/c9-6-1-4(2-7(10)12-6)5-3-8(11)14-13-5/h1-3H,11H2. The van der Waals surface area contributed by atoms with Crippen LogP contribution in [-0.4, -0.2) is 10.1 Å². The number of nitrogen functional groups attached to an aromatic ring is 1. The predicted octanol–water partition coefficient (Wildman–Crippen LogP) is 2.63. The summed E-state index contributed by atoms with van der Waals surface area (Å²) < 4.78 is 4.72. The van der Waals surface area contributed by atoms with Gasteiger partial charge in [-0.25, -0.2) is 4.98 Å². The summed E-state index contributed by atoms with van der Waals surface area (Å²) in [4.78, 5) is 3.81. The molecule has 2 rings (SSSR count). The van der Waals surface area contributed by atoms with Gasteiger partial charge in [-0.15, -0.1) is 0 Å². The summed E-state index contributed by atoms with van der Waals surface area (Å²) in [5.41, 5.74) is 6.68. The van der Waals surface area contributed by atoms with Crippen molar-refractivity contribution in [3.05, 3.63) is 28.5 Å². The maximum atomic E-state index is 5.72. The first-order valence-electron chi connectivity index (χ1n) is 3.71. The van der Waals surface area contributed by atoms with E-state index in [0.29, 0.717) is 16.0 Å². The second kappa shape index (κ2) is 3.48. The maximum absolute atomic E-state index is 5.72. The first kappa shape index (κ1) is 9.30. The smallest absolute Gasteiger partial charge is 0.222 e. The second-order valence-electron chi connectivity index (χ2n) is 2.62. The summed E-state index contributed by atoms with van der Waals surface area (Å²) in [6.45, 7) is 0. The van der Waals surface area contributed by atoms with Crippen LogP contribution in [0.1, 0.15) is 0 Å². The van der Waals surface area contributed by atoms with Crippen LogP contribution in [0.2, 0.25) is 10.3 Å². The Balaban J connectivity index is 2.51. The monoisotopic (exact) mass is 229 g/mol. The van der Waals surface area contributed by atoms with Crippen molar-refractivity contribution in [1.82, 2.24) is 10.1 Å². The molecule has 2 aromatic heterocycles. The summed E-state index contributed by atoms with van der Waals surface area (Å²) in [7, 11) is 0. The highest BCUT2D eigenvalue weighted by Gasteiger charge is 2.06. The minimum absolute atomic E-state index is 0.240. The first-order valence-corrected chi connectivity index (χ1v) is 4.46. The van der Waals surface area contributed by atoms with E-state index in [1.54, 1.807) is 18.2 Å². The summed E-state index contributed by atoms with van der Waals surface area (Å²) in [5.74, 6) is 0.240. The van der Waals surface area contributed by atoms with Gasteiger partial charge in [0.15, 0.2) is 0 Å². The van der Waals surface area contributed by atoms with Gasteiger partial charge in [0.05, 0.1) is 0 Å². The van der Waals surface area contributed by atoms with Crippen molar-refractivity contribution in [2.45, 2.75) is 0 Å². The molecule has 0 saturated heterocycles. The number of aromatic nitrogens is 2. The van der Waals surface area contributed by atoms with E-state index in [1.165, 1.54) is 0 Å². The maximum Gasteiger partial charge on any atom is 0.222 e. The lowest BCUT2D eigenvalue weighted by Crippen LogP contribution is -1.82. The number of halogens is 2. The van der Waals surface area contributed by atoms with Gasteiger partial charge in [0.25, 0.3) is 0 Å². The number of anilines is 1. The third-order valence-corrected chi connectivity index (χ3v) is 1.97. The fraction of sp³-hybridized carbons (Fsp3) is 0. The highest BCUT2D eigenvalue weighted by molar-refractivity contribution is 6.32. The Morgan fingerprint density at radius 1 is 1.14 bits per heavy atom. The third-order valence-electron chi connectivity index (χ3n) is 1.59. The van der Waals surface area contributed by atoms with Crippen LogP contribution in [0.5, 0.6) is 0 Å². The Bertz CT molecular complexity index is 449. The molecule has 72 valence electrons. The second-order valence-corrected chi connectivity index (χ2v) is 3.39. The molecule has 0 unspecified atom stereocenters. The van der Waals surface area contributed by atoms with Crippen molar-refractivity contribution >= 4 is 29.1 Å². The van der Waals surface area contributed by atoms with Gasteiger partial charge in [-0.1, -0.05) is 28.4 Å². The fourth-order valence-corrected chi connectivity index (χ4v) is 1.50. The minimum atomic E-state index is 0.240. The van der Waals surface area contributed by atoms with Crippen LogP contribution in [0, 0.1) is 0 Å². The Morgan fingerprint density at radius 3 is 2.29 bits per heavy atom. The van der Waals surface area contributed by atoms with Crippen LogP contribution >= 0.6 is 23.2 Å². The van der Waals surface area contributed by atoms with Crippen molar-refractivity contribution in [2.24, 2.45) is 0 Å². The molecule has 2 aromatic rings. The average molecular weight is 230 g/mol. The zero-order chi connectivity index (χ0) is 10.1. The molecular weight excluding hydrogens is 225 g/mol. The number of nitrogens with two attached hydrogens (primary N) is 1. The van der Waals surface area contributed by atoms with Gasteiger partial charge < -0.3 is 10.3 Å². The van der Waals surface area contributed by atoms with Crippen molar-refractivity contribution in [3.63, 3.8) is 0 Å². The molecule has 0 amide bonds. The lowest BCUT2D eigenvalue weighted by atomic mass is 10.2. The number of hydrogen-bond acceptors (Lipinski definition) is 4. The van der Waals surface area contributed by atoms with Gasteiger partial charge in [-0.05, 0) is 12.1 Å². The van der Waals surface area contributed by atoms with Gasteiger partial charge in [0.1, 0.15) is 16.0 Å². The van der Waals surface area contributed by atoms with E-state index in [9.17, 15) is 0 Å². The quantitative estimate of drug-likeness (QED) is 0.764. The van der Waals surface area contributed by atoms with E-state index < -0.39 is 0 Å². The van der Waals surface area contributed by atoms with E-state index in [1.807, 2.05) is 0 Å². The van der Waals surface area contributed by atoms with Crippen LogP contribution in [0.15, 0.2) is 22.7 Å². The van der Waals surface area contributed by atoms with E-state index in [2.05, 4.69) is 10.1 Å². The third kappa shape index (κ3) is 1.81. The van der Waals surface area contributed by atoms with Gasteiger partial charge in [-0.2, -0.15) is 0 Å². The van der Waals surface area contributed by atoms with E-state index in [4.69, 9.17) is 33.5 Å². The first-order chi connectivity index (χ1) is 6.65. The largest absolute Gasteiger partial charge is 0.368 e. The van der Waals surface area contributed by atoms with Crippen LogP contribution in [0.25, 0.3) is 11.3 Å². The molecule has 0 aliphatic heterocycles. The zero-order valence-electron chi connectivity index (χ0n) is 6.87. The zero-order valence-corrected chi connectivity index (χ0v) is 8.38. The highest BCUT2D eigenvalue weighted by Crippen LogP contribution is 2.24. The Hall–Kier alpha value is -1.26. The molecule has 2 N–H and O–H groups in total. The molecule has 0 saturated carbocycles. The lowest BCUT2D eigenvalue weighted by Gasteiger charge is -1.96. The van der Waals surface area contributed by atoms with E-state index in [-0.39, 0.29) is 5.88 Å². The Kier molecular flexibility index (Phi) is 2.31. The Labute approximate surface area is 89.6 Å². The van der Waals surface area contributed by atoms with Gasteiger partial charge in [0, 0.05) is 11.6 Å². The van der Waals surface area contributed by atoms with Crippen LogP contribution in [0.3, 0.4) is 0 Å². The molecule has 0 aliphatic carbocycles. The van der Waals surface area contributed by atoms with E-state index >= 15 is 0 Å². The summed E-state index contributed by atoms with van der Waals surface area (Å²) in [6.07, 6.45) is 0. The summed E-state index contributed by atoms with van der Waals surface area (Å²) in [6, 6.07) is 4.84. The average Bonchev–Trinajstić information content (AvgIpc) is 2.50. The molecule has 2 heterocycles. The molecular formula is C8H5Cl2N3O. The van der Waals surface area contributed by atoms with Crippen molar-refractivity contribution < 1.29 is 4.52 Å². The molecule has 0 bridgehead atoms. The molecule has 0 fully saturated rings. The molecule has 14 heavy (non-hydrogen) atoms. The van der Waals surface area contributed by atoms with Crippen LogP contribution in [0.4, 0.5) is 5.88 Å². The van der Waals surface area contributed by atoms with Crippen molar-refractivity contribution in [2.75, 3.05) is 5.73 Å². The topological polar surface area (TPSA) is 64.9 Å². The molecule has 0 atom stereocenters. The molecule has 6 heteroatoms. The van der Waals surface area contributed by atoms with Gasteiger partial charge >= 0.3 is 0 Å². The predicted molar refractivity (Wildman–Crippen MR) is 54.2 cm³/mol. The summed E-state index contributed by atoms with van der Waals surface area (Å²) in [5, 5.41) is 4.32. The molecule has 0 aromatic carbocycles. The van der Waals surface area contributed by atoms with Crippen LogP contribution in [-0.2, 0) is 0 Å². The van der Waals surface area contributed by atoms with Crippen molar-refractivity contribution in [1.29, 1.82) is 0 Å². The SMILES string of the molecule is Nc1cc(-c2cc(Cl)nc(Cl)c2)no1. The van der Waals surface area contributed by atoms with Gasteiger partial charge in [-0.3, -0.25) is 0 Å². The molecule has 0 radical (unpaired) electrons. The minimum Gasteiger partial charge on any atom is -0.368 e. The number of hydrogen-bond donors (Lipinski definition) is 1. The molecule has 0 spiro atoms. The molecule has 0 aliphatic rings. The fourth-order valence-electron chi connectivity index (χ4n) is 1.04. The highest BCUT2D eigenvalue weighted by atomic mass is 35.5. The number of nitrogens with zero attached hydrogens (tertiary/aromatic N) is 2. The van der Waals surface area contributed by atoms with Gasteiger partial charge in [0.2, 0.25) is 5.88 Å². The lowest BCUT2D eigenvalue weighted by molar-refractivity contribution is 0.439.